The summed E-state index contributed by atoms with van der Waals surface area (Å²) in [5, 5.41) is 4.65. The number of pyridine rings is 1. The third kappa shape index (κ3) is 6.96. The van der Waals surface area contributed by atoms with Crippen molar-refractivity contribution in [3.8, 4) is 79.0 Å². The molecule has 0 saturated carbocycles. The first-order chi connectivity index (χ1) is 34.9. The van der Waals surface area contributed by atoms with Crippen molar-refractivity contribution in [1.29, 1.82) is 0 Å². The van der Waals surface area contributed by atoms with E-state index in [-0.39, 0.29) is 25.5 Å². The molecule has 9 aromatic carbocycles. The first-order valence-corrected chi connectivity index (χ1v) is 24.1. The summed E-state index contributed by atoms with van der Waals surface area (Å²) in [5.41, 5.74) is 18.8. The smallest absolute Gasteiger partial charge is 0.238 e. The van der Waals surface area contributed by atoms with Crippen LogP contribution in [-0.2, 0) is 25.5 Å². The van der Waals surface area contributed by atoms with Gasteiger partial charge in [0, 0.05) is 70.1 Å². The summed E-state index contributed by atoms with van der Waals surface area (Å²) in [6.45, 7) is 4.72. The number of nitrogens with zero attached hydrogens (tertiary/aromatic N) is 6. The zero-order valence-electron chi connectivity index (χ0n) is 39.4. The molecule has 0 spiro atoms. The van der Waals surface area contributed by atoms with Crippen molar-refractivity contribution in [3.05, 3.63) is 242 Å². The third-order valence-electron chi connectivity index (χ3n) is 14.5. The molecule has 0 amide bonds. The van der Waals surface area contributed by atoms with Crippen LogP contribution in [-0.4, -0.2) is 29.1 Å². The Hall–Kier alpha value is -8.61. The summed E-state index contributed by atoms with van der Waals surface area (Å²) in [4.78, 5) is 20.3. The van der Waals surface area contributed by atoms with Gasteiger partial charge >= 0.3 is 0 Å². The number of fused-ring (bicyclic) bond motifs is 9. The van der Waals surface area contributed by atoms with E-state index in [2.05, 4.69) is 192 Å². The topological polar surface area (TPSA) is 61.4 Å². The number of para-hydroxylation sites is 1. The monoisotopic (exact) mass is 1100 g/mol. The van der Waals surface area contributed by atoms with Gasteiger partial charge in [-0.3, -0.25) is 4.57 Å². The maximum atomic E-state index is 5.29. The number of aromatic nitrogens is 6. The van der Waals surface area contributed by atoms with Crippen molar-refractivity contribution in [3.63, 3.8) is 0 Å². The summed E-state index contributed by atoms with van der Waals surface area (Å²) in [7, 11) is 0. The van der Waals surface area contributed by atoms with Crippen LogP contribution in [0, 0.1) is 6.07 Å². The molecule has 0 saturated heterocycles. The van der Waals surface area contributed by atoms with Crippen LogP contribution in [0.2, 0.25) is 0 Å². The average Bonchev–Trinajstić information content (AvgIpc) is 4.02. The van der Waals surface area contributed by atoms with Gasteiger partial charge in [0.1, 0.15) is 0 Å². The predicted molar refractivity (Wildman–Crippen MR) is 290 cm³/mol. The second-order valence-electron chi connectivity index (χ2n) is 19.0. The van der Waals surface area contributed by atoms with Gasteiger partial charge in [0.2, 0.25) is 5.95 Å². The molecule has 0 aliphatic heterocycles. The Bertz CT molecular complexity index is 4180. The second kappa shape index (κ2) is 17.1. The van der Waals surface area contributed by atoms with Gasteiger partial charge in [-0.05, 0) is 105 Å². The molecule has 0 atom stereocenters. The first kappa shape index (κ1) is 43.4. The van der Waals surface area contributed by atoms with Gasteiger partial charge in [-0.2, -0.15) is 9.97 Å². The van der Waals surface area contributed by atoms with Crippen LogP contribution >= 0.6 is 0 Å². The molecule has 13 aromatic rings. The molecular formula is C65H43IrN6-. The number of benzene rings is 9. The van der Waals surface area contributed by atoms with Crippen molar-refractivity contribution in [1.82, 2.24) is 29.1 Å². The molecule has 6 nitrogen and oxygen atoms in total. The van der Waals surface area contributed by atoms with Gasteiger partial charge in [-0.25, -0.2) is 4.98 Å². The number of hydrogen-bond donors (Lipinski definition) is 0. The minimum absolute atomic E-state index is 0. The molecule has 14 rings (SSSR count). The van der Waals surface area contributed by atoms with Gasteiger partial charge in [0.05, 0.1) is 22.1 Å². The molecule has 0 unspecified atom stereocenters. The molecule has 0 fully saturated rings. The van der Waals surface area contributed by atoms with E-state index < -0.39 is 0 Å². The van der Waals surface area contributed by atoms with Crippen molar-refractivity contribution >= 4 is 43.6 Å². The second-order valence-corrected chi connectivity index (χ2v) is 19.0. The van der Waals surface area contributed by atoms with Crippen LogP contribution in [0.1, 0.15) is 25.0 Å². The average molecular weight is 1100 g/mol. The third-order valence-corrected chi connectivity index (χ3v) is 14.5. The summed E-state index contributed by atoms with van der Waals surface area (Å²) < 4.78 is 4.65. The van der Waals surface area contributed by atoms with Crippen LogP contribution in [0.5, 0.6) is 0 Å². The fourth-order valence-electron chi connectivity index (χ4n) is 11.1. The quantitative estimate of drug-likeness (QED) is 0.149. The molecule has 343 valence electrons. The van der Waals surface area contributed by atoms with E-state index in [9.17, 15) is 0 Å². The molecule has 0 N–H and O–H groups in total. The maximum Gasteiger partial charge on any atom is 0.238 e. The Morgan fingerprint density at radius 2 is 0.972 bits per heavy atom. The van der Waals surface area contributed by atoms with Crippen LogP contribution in [0.4, 0.5) is 0 Å². The molecular weight excluding hydrogens is 1060 g/mol. The molecule has 1 aliphatic rings. The zero-order chi connectivity index (χ0) is 47.2. The minimum Gasteiger partial charge on any atom is -0.309 e. The summed E-state index contributed by atoms with van der Waals surface area (Å²) in [6, 6.07) is 81.1. The van der Waals surface area contributed by atoms with Gasteiger partial charge in [0.25, 0.3) is 0 Å². The summed E-state index contributed by atoms with van der Waals surface area (Å²) in [6.07, 6.45) is 1.82. The largest absolute Gasteiger partial charge is 0.309 e. The predicted octanol–water partition coefficient (Wildman–Crippen LogP) is 15.9. The van der Waals surface area contributed by atoms with E-state index in [1.54, 1.807) is 0 Å². The van der Waals surface area contributed by atoms with Crippen molar-refractivity contribution < 1.29 is 20.1 Å². The van der Waals surface area contributed by atoms with Gasteiger partial charge < -0.3 is 9.55 Å². The Kier molecular flexibility index (Phi) is 10.3. The summed E-state index contributed by atoms with van der Waals surface area (Å²) in [5.74, 6) is 1.77. The van der Waals surface area contributed by atoms with Crippen molar-refractivity contribution in [2.75, 3.05) is 0 Å². The van der Waals surface area contributed by atoms with E-state index in [1.165, 1.54) is 44.1 Å². The Balaban J connectivity index is 0.00000504. The molecule has 7 heteroatoms. The Labute approximate surface area is 430 Å². The van der Waals surface area contributed by atoms with Gasteiger partial charge in [-0.15, -0.1) is 35.4 Å². The first-order valence-electron chi connectivity index (χ1n) is 24.1. The van der Waals surface area contributed by atoms with E-state index in [4.69, 9.17) is 15.0 Å². The van der Waals surface area contributed by atoms with E-state index in [0.29, 0.717) is 17.6 Å². The normalized spacial score (nSPS) is 12.6. The van der Waals surface area contributed by atoms with Crippen LogP contribution < -0.4 is 0 Å². The molecule has 1 radical (unpaired) electrons. The van der Waals surface area contributed by atoms with Crippen LogP contribution in [0.15, 0.2) is 225 Å². The van der Waals surface area contributed by atoms with E-state index in [1.807, 2.05) is 66.9 Å². The fourth-order valence-corrected chi connectivity index (χ4v) is 11.1. The van der Waals surface area contributed by atoms with Crippen LogP contribution in [0.25, 0.3) is 123 Å². The fraction of sp³-hybridized carbons (Fsp3) is 0.0462. The molecule has 4 aromatic heterocycles. The maximum absolute atomic E-state index is 5.29. The van der Waals surface area contributed by atoms with Crippen LogP contribution in [0.3, 0.4) is 0 Å². The van der Waals surface area contributed by atoms with Gasteiger partial charge in [0.15, 0.2) is 11.6 Å². The van der Waals surface area contributed by atoms with Crippen molar-refractivity contribution in [2.24, 2.45) is 0 Å². The summed E-state index contributed by atoms with van der Waals surface area (Å²) >= 11 is 0. The molecule has 0 bridgehead atoms. The molecule has 72 heavy (non-hydrogen) atoms. The van der Waals surface area contributed by atoms with Crippen molar-refractivity contribution in [2.45, 2.75) is 19.3 Å². The Morgan fingerprint density at radius 3 is 1.67 bits per heavy atom. The minimum atomic E-state index is -0.132. The molecule has 1 aliphatic carbocycles. The standard InChI is InChI=1S/C65H43N6.Ir/c1-65(2)55-26-13-12-25-49(55)51-40-61-54(39-56(51)65)53-37-45(29-32-58(53)70(61)48-23-10-5-11-24-48)46-28-31-50-52-36-44(43-21-16-22-47(35-43)57-27-14-15-34-66-57)30-33-59(52)71(60(50)38-46)64-68-62(41-17-6-3-7-18-41)67-63(69-64)42-19-8-4-9-20-42;/h3-21,23-40H,1-2H3;/q-1;. The van der Waals surface area contributed by atoms with E-state index >= 15 is 0 Å². The number of rotatable bonds is 7. The van der Waals surface area contributed by atoms with E-state index in [0.717, 1.165) is 72.1 Å². The Morgan fingerprint density at radius 1 is 0.403 bits per heavy atom. The van der Waals surface area contributed by atoms with Gasteiger partial charge in [-0.1, -0.05) is 153 Å². The zero-order valence-corrected chi connectivity index (χ0v) is 41.8. The molecule has 4 heterocycles. The SMILES string of the molecule is CC1(C)c2ccccc2-c2cc3c(cc21)c1cc(-c2ccc4c5cc(-c6cc[c-]c(-c7ccccn7)c6)ccc5n(-c5nc(-c6ccccc6)nc(-c6ccccc6)n5)c4c2)ccc1n3-c1ccccc1.[Ir]. The number of hydrogen-bond acceptors (Lipinski definition) is 4.